The van der Waals surface area contributed by atoms with Gasteiger partial charge in [-0.25, -0.2) is 0 Å². The number of carbonyl (C=O) groups is 1. The van der Waals surface area contributed by atoms with Gasteiger partial charge in [0.2, 0.25) is 5.91 Å². The number of benzene rings is 1. The zero-order valence-corrected chi connectivity index (χ0v) is 17.5. The van der Waals surface area contributed by atoms with Crippen molar-refractivity contribution in [2.75, 3.05) is 19.6 Å². The molecule has 3 heterocycles. The molecule has 4 rings (SSSR count). The molecule has 2 atom stereocenters. The topological polar surface area (TPSA) is 35.6 Å². The van der Waals surface area contributed by atoms with E-state index in [0.717, 1.165) is 45.4 Å². The van der Waals surface area contributed by atoms with Gasteiger partial charge in [0.25, 0.3) is 0 Å². The van der Waals surface area contributed by atoms with Crippen molar-refractivity contribution < 1.29 is 4.79 Å². The lowest BCUT2D eigenvalue weighted by atomic mass is 10.0. The molecular weight excluding hydrogens is 366 g/mol. The Labute approximate surface area is 172 Å². The summed E-state index contributed by atoms with van der Waals surface area (Å²) < 4.78 is 0. The van der Waals surface area contributed by atoms with Crippen molar-refractivity contribution in [3.8, 4) is 0 Å². The zero-order valence-electron chi connectivity index (χ0n) is 16.7. The number of hydrogen-bond donors (Lipinski definition) is 1. The van der Waals surface area contributed by atoms with Crippen molar-refractivity contribution in [2.45, 2.75) is 57.3 Å². The Hall–Kier alpha value is -1.69. The lowest BCUT2D eigenvalue weighted by molar-refractivity contribution is -0.127. The van der Waals surface area contributed by atoms with Gasteiger partial charge in [0.1, 0.15) is 0 Å². The molecule has 4 nitrogen and oxygen atoms in total. The first-order valence-electron chi connectivity index (χ1n) is 10.5. The largest absolute Gasteiger partial charge is 0.352 e. The van der Waals surface area contributed by atoms with Gasteiger partial charge in [0.15, 0.2) is 0 Å². The Bertz CT molecular complexity index is 740. The monoisotopic (exact) mass is 397 g/mol. The van der Waals surface area contributed by atoms with Gasteiger partial charge in [-0.05, 0) is 67.1 Å². The van der Waals surface area contributed by atoms with Crippen LogP contribution in [0.15, 0.2) is 47.2 Å². The van der Waals surface area contributed by atoms with Gasteiger partial charge in [-0.15, -0.1) is 0 Å². The smallest absolute Gasteiger partial charge is 0.237 e. The molecule has 0 aliphatic carbocycles. The van der Waals surface area contributed by atoms with Crippen molar-refractivity contribution in [3.63, 3.8) is 0 Å². The van der Waals surface area contributed by atoms with E-state index < -0.39 is 0 Å². The molecule has 2 fully saturated rings. The highest BCUT2D eigenvalue weighted by Gasteiger charge is 2.34. The van der Waals surface area contributed by atoms with Crippen LogP contribution in [0.4, 0.5) is 0 Å². The number of nitrogens with one attached hydrogen (secondary N) is 1. The van der Waals surface area contributed by atoms with Crippen LogP contribution >= 0.6 is 11.3 Å². The Balaban J connectivity index is 1.26. The van der Waals surface area contributed by atoms with Crippen molar-refractivity contribution in [1.82, 2.24) is 15.1 Å². The molecule has 0 spiro atoms. The molecule has 28 heavy (non-hydrogen) atoms. The van der Waals surface area contributed by atoms with Gasteiger partial charge in [-0.3, -0.25) is 14.6 Å². The third-order valence-electron chi connectivity index (χ3n) is 6.28. The van der Waals surface area contributed by atoms with E-state index in [9.17, 15) is 4.79 Å². The number of rotatable bonds is 6. The van der Waals surface area contributed by atoms with E-state index in [1.54, 1.807) is 11.3 Å². The summed E-state index contributed by atoms with van der Waals surface area (Å²) >= 11 is 1.75. The van der Waals surface area contributed by atoms with Crippen LogP contribution < -0.4 is 5.32 Å². The van der Waals surface area contributed by atoms with E-state index >= 15 is 0 Å². The van der Waals surface area contributed by atoms with Crippen LogP contribution in [-0.2, 0) is 11.3 Å². The van der Waals surface area contributed by atoms with Gasteiger partial charge in [-0.1, -0.05) is 30.3 Å². The lowest BCUT2D eigenvalue weighted by Crippen LogP contribution is -2.50. The Morgan fingerprint density at radius 3 is 2.64 bits per heavy atom. The summed E-state index contributed by atoms with van der Waals surface area (Å²) in [5.41, 5.74) is 2.74. The van der Waals surface area contributed by atoms with Crippen LogP contribution in [0.3, 0.4) is 0 Å². The van der Waals surface area contributed by atoms with Crippen LogP contribution in [0.2, 0.25) is 0 Å². The zero-order chi connectivity index (χ0) is 19.3. The second-order valence-corrected chi connectivity index (χ2v) is 8.95. The molecular formula is C23H31N3OS. The minimum Gasteiger partial charge on any atom is -0.352 e. The maximum atomic E-state index is 12.9. The van der Waals surface area contributed by atoms with E-state index in [4.69, 9.17) is 0 Å². The molecule has 1 N–H and O–H groups in total. The fraction of sp³-hybridized carbons (Fsp3) is 0.522. The molecule has 0 saturated carbocycles. The van der Waals surface area contributed by atoms with Crippen LogP contribution in [0.1, 0.15) is 49.8 Å². The first-order valence-corrected chi connectivity index (χ1v) is 11.5. The molecule has 0 bridgehead atoms. The molecule has 1 aromatic heterocycles. The second-order valence-electron chi connectivity index (χ2n) is 8.17. The Kier molecular flexibility index (Phi) is 6.45. The minimum atomic E-state index is -0.0604. The van der Waals surface area contributed by atoms with Crippen molar-refractivity contribution in [3.05, 3.63) is 58.3 Å². The SMILES string of the molecule is CC(C(=O)NC1CCN(Cc2ccccc2)CC1)N1CCCC1c1ccsc1. The van der Waals surface area contributed by atoms with E-state index in [1.165, 1.54) is 17.5 Å². The third-order valence-corrected chi connectivity index (χ3v) is 6.98. The van der Waals surface area contributed by atoms with Crippen LogP contribution in [0, 0.1) is 0 Å². The standard InChI is InChI=1S/C23H31N3OS/c1-18(26-12-5-8-22(26)20-11-15-28-17-20)23(27)24-21-9-13-25(14-10-21)16-19-6-3-2-4-7-19/h2-4,6-7,11,15,17-18,21-22H,5,8-10,12-14,16H2,1H3,(H,24,27). The molecule has 2 aliphatic heterocycles. The summed E-state index contributed by atoms with van der Waals surface area (Å²) in [4.78, 5) is 17.8. The molecule has 2 aliphatic rings. The Morgan fingerprint density at radius 2 is 1.93 bits per heavy atom. The van der Waals surface area contributed by atoms with Gasteiger partial charge in [-0.2, -0.15) is 11.3 Å². The van der Waals surface area contributed by atoms with Gasteiger partial charge in [0.05, 0.1) is 6.04 Å². The summed E-state index contributed by atoms with van der Waals surface area (Å²) in [6.07, 6.45) is 4.42. The van der Waals surface area contributed by atoms with Crippen molar-refractivity contribution >= 4 is 17.2 Å². The minimum absolute atomic E-state index is 0.0604. The van der Waals surface area contributed by atoms with Crippen LogP contribution in [-0.4, -0.2) is 47.4 Å². The first kappa shape index (κ1) is 19.6. The summed E-state index contributed by atoms with van der Waals surface area (Å²) in [7, 11) is 0. The van der Waals surface area contributed by atoms with Gasteiger partial charge < -0.3 is 5.32 Å². The average molecular weight is 398 g/mol. The number of nitrogens with zero attached hydrogens (tertiary/aromatic N) is 2. The summed E-state index contributed by atoms with van der Waals surface area (Å²) in [6.45, 7) is 6.20. The number of hydrogen-bond acceptors (Lipinski definition) is 4. The molecule has 1 aromatic carbocycles. The molecule has 2 unspecified atom stereocenters. The van der Waals surface area contributed by atoms with E-state index in [-0.39, 0.29) is 11.9 Å². The molecule has 0 radical (unpaired) electrons. The summed E-state index contributed by atoms with van der Waals surface area (Å²) in [5, 5.41) is 7.71. The Morgan fingerprint density at radius 1 is 1.14 bits per heavy atom. The van der Waals surface area contributed by atoms with Crippen LogP contribution in [0.5, 0.6) is 0 Å². The first-order chi connectivity index (χ1) is 13.7. The number of amides is 1. The maximum Gasteiger partial charge on any atom is 0.237 e. The second kappa shape index (κ2) is 9.21. The molecule has 2 aromatic rings. The highest BCUT2D eigenvalue weighted by molar-refractivity contribution is 7.07. The molecule has 1 amide bonds. The summed E-state index contributed by atoms with van der Waals surface area (Å²) in [5.74, 6) is 0.198. The number of likely N-dealkylation sites (tertiary alicyclic amines) is 2. The summed E-state index contributed by atoms with van der Waals surface area (Å²) in [6, 6.07) is 13.5. The fourth-order valence-electron chi connectivity index (χ4n) is 4.62. The van der Waals surface area contributed by atoms with Crippen molar-refractivity contribution in [1.29, 1.82) is 0 Å². The number of thiophene rings is 1. The quantitative estimate of drug-likeness (QED) is 0.799. The highest BCUT2D eigenvalue weighted by Crippen LogP contribution is 2.34. The normalized spacial score (nSPS) is 23.0. The van der Waals surface area contributed by atoms with Gasteiger partial charge in [0, 0.05) is 31.7 Å². The number of carbonyl (C=O) groups excluding carboxylic acids is 1. The average Bonchev–Trinajstić information content (AvgIpc) is 3.41. The van der Waals surface area contributed by atoms with E-state index in [1.807, 2.05) is 0 Å². The third kappa shape index (κ3) is 4.65. The fourth-order valence-corrected chi connectivity index (χ4v) is 5.33. The highest BCUT2D eigenvalue weighted by atomic mass is 32.1. The molecule has 150 valence electrons. The molecule has 5 heteroatoms. The van der Waals surface area contributed by atoms with E-state index in [2.05, 4.69) is 69.2 Å². The predicted molar refractivity (Wildman–Crippen MR) is 115 cm³/mol. The maximum absolute atomic E-state index is 12.9. The van der Waals surface area contributed by atoms with Crippen LogP contribution in [0.25, 0.3) is 0 Å². The predicted octanol–water partition coefficient (Wildman–Crippen LogP) is 4.05. The number of piperidine rings is 1. The lowest BCUT2D eigenvalue weighted by Gasteiger charge is -2.35. The molecule has 2 saturated heterocycles. The van der Waals surface area contributed by atoms with E-state index in [0.29, 0.717) is 12.1 Å². The van der Waals surface area contributed by atoms with Gasteiger partial charge >= 0.3 is 0 Å². The van der Waals surface area contributed by atoms with Crippen molar-refractivity contribution in [2.24, 2.45) is 0 Å².